The zero-order valence-corrected chi connectivity index (χ0v) is 15.2. The zero-order chi connectivity index (χ0) is 17.4. The Kier molecular flexibility index (Phi) is 4.19. The number of carbonyl (C=O) groups is 1. The van der Waals surface area contributed by atoms with Crippen LogP contribution in [0.4, 0.5) is 5.69 Å². The monoisotopic (exact) mass is 351 g/mol. The molecule has 0 saturated heterocycles. The van der Waals surface area contributed by atoms with Crippen molar-refractivity contribution in [3.63, 3.8) is 0 Å². The Bertz CT molecular complexity index is 854. The van der Waals surface area contributed by atoms with Gasteiger partial charge in [0.05, 0.1) is 22.3 Å². The molecule has 0 spiro atoms. The van der Waals surface area contributed by atoms with Crippen molar-refractivity contribution in [2.45, 2.75) is 19.4 Å². The molecule has 1 aliphatic heterocycles. The highest BCUT2D eigenvalue weighted by atomic mass is 32.1. The van der Waals surface area contributed by atoms with E-state index < -0.39 is 0 Å². The number of hydrazine groups is 1. The summed E-state index contributed by atoms with van der Waals surface area (Å²) >= 11 is 1.50. The molecule has 0 fully saturated rings. The van der Waals surface area contributed by atoms with E-state index in [0.717, 1.165) is 29.2 Å². The number of benzene rings is 1. The first-order chi connectivity index (χ1) is 12.2. The van der Waals surface area contributed by atoms with E-state index in [0.29, 0.717) is 0 Å². The summed E-state index contributed by atoms with van der Waals surface area (Å²) in [5.74, 6) is 0.0940. The lowest BCUT2D eigenvalue weighted by molar-refractivity contribution is 0.0758. The largest absolute Gasteiger partial charge is 0.334 e. The van der Waals surface area contributed by atoms with Gasteiger partial charge >= 0.3 is 0 Å². The molecule has 1 aromatic heterocycles. The highest BCUT2D eigenvalue weighted by molar-refractivity contribution is 7.12. The van der Waals surface area contributed by atoms with Crippen LogP contribution < -0.4 is 10.4 Å². The van der Waals surface area contributed by atoms with Crippen LogP contribution in [0.2, 0.25) is 0 Å². The number of carbonyl (C=O) groups excluding carboxylic acids is 1. The van der Waals surface area contributed by atoms with E-state index in [2.05, 4.69) is 53.8 Å². The summed E-state index contributed by atoms with van der Waals surface area (Å²) in [5, 5.41) is 4.10. The minimum Gasteiger partial charge on any atom is -0.334 e. The fourth-order valence-corrected chi connectivity index (χ4v) is 4.25. The fourth-order valence-electron chi connectivity index (χ4n) is 3.54. The Balaban J connectivity index is 1.65. The minimum absolute atomic E-state index is 0.0936. The Morgan fingerprint density at radius 3 is 2.88 bits per heavy atom. The normalized spacial score (nSPS) is 19.3. The van der Waals surface area contributed by atoms with Crippen molar-refractivity contribution >= 4 is 22.9 Å². The van der Waals surface area contributed by atoms with Crippen LogP contribution in [-0.2, 0) is 0 Å². The molecular weight excluding hydrogens is 330 g/mol. The highest BCUT2D eigenvalue weighted by Crippen LogP contribution is 2.33. The van der Waals surface area contributed by atoms with Gasteiger partial charge in [0.2, 0.25) is 0 Å². The van der Waals surface area contributed by atoms with Gasteiger partial charge in [0.25, 0.3) is 5.91 Å². The number of allylic oxidation sites excluding steroid dienone is 1. The van der Waals surface area contributed by atoms with Gasteiger partial charge in [0.1, 0.15) is 0 Å². The summed E-state index contributed by atoms with van der Waals surface area (Å²) in [4.78, 5) is 15.4. The predicted octanol–water partition coefficient (Wildman–Crippen LogP) is 3.74. The summed E-state index contributed by atoms with van der Waals surface area (Å²) in [5.41, 5.74) is 8.31. The van der Waals surface area contributed by atoms with Crippen molar-refractivity contribution in [2.24, 2.45) is 0 Å². The van der Waals surface area contributed by atoms with Crippen LogP contribution in [0.3, 0.4) is 0 Å². The van der Waals surface area contributed by atoms with E-state index in [-0.39, 0.29) is 11.9 Å². The SMILES string of the molecule is Cc1ccccc1N1NCC2=C1C=CC[C@H]2N(C)C(=O)c1cccs1. The van der Waals surface area contributed by atoms with E-state index in [4.69, 9.17) is 0 Å². The van der Waals surface area contributed by atoms with Crippen LogP contribution in [0, 0.1) is 6.92 Å². The third kappa shape index (κ3) is 2.79. The lowest BCUT2D eigenvalue weighted by atomic mass is 9.95. The van der Waals surface area contributed by atoms with Gasteiger partial charge in [0.15, 0.2) is 0 Å². The van der Waals surface area contributed by atoms with Crippen LogP contribution in [-0.4, -0.2) is 30.4 Å². The van der Waals surface area contributed by atoms with E-state index in [1.807, 2.05) is 29.5 Å². The topological polar surface area (TPSA) is 35.6 Å². The first-order valence-corrected chi connectivity index (χ1v) is 9.34. The maximum Gasteiger partial charge on any atom is 0.264 e. The maximum absolute atomic E-state index is 12.8. The van der Waals surface area contributed by atoms with Crippen LogP contribution in [0.5, 0.6) is 0 Å². The molecule has 0 saturated carbocycles. The van der Waals surface area contributed by atoms with Gasteiger partial charge in [-0.05, 0) is 48.1 Å². The van der Waals surface area contributed by atoms with Gasteiger partial charge in [-0.3, -0.25) is 9.80 Å². The molecule has 0 bridgehead atoms. The molecule has 25 heavy (non-hydrogen) atoms. The molecule has 2 heterocycles. The van der Waals surface area contributed by atoms with Crippen molar-refractivity contribution in [1.82, 2.24) is 10.3 Å². The predicted molar refractivity (Wildman–Crippen MR) is 103 cm³/mol. The summed E-state index contributed by atoms with van der Waals surface area (Å²) in [6.07, 6.45) is 5.19. The van der Waals surface area contributed by atoms with Gasteiger partial charge < -0.3 is 4.90 Å². The second kappa shape index (κ2) is 6.50. The van der Waals surface area contributed by atoms with Crippen molar-refractivity contribution in [3.05, 3.63) is 75.6 Å². The number of hydrogen-bond donors (Lipinski definition) is 1. The molecule has 5 heteroatoms. The van der Waals surface area contributed by atoms with Crippen molar-refractivity contribution in [3.8, 4) is 0 Å². The summed E-state index contributed by atoms with van der Waals surface area (Å²) in [7, 11) is 1.91. The fraction of sp³-hybridized carbons (Fsp3) is 0.250. The molecule has 4 rings (SSSR count). The summed E-state index contributed by atoms with van der Waals surface area (Å²) in [6, 6.07) is 12.3. The number of rotatable bonds is 3. The molecule has 1 amide bonds. The van der Waals surface area contributed by atoms with Gasteiger partial charge in [0, 0.05) is 13.6 Å². The van der Waals surface area contributed by atoms with Gasteiger partial charge in [-0.2, -0.15) is 0 Å². The van der Waals surface area contributed by atoms with Gasteiger partial charge in [-0.1, -0.05) is 30.3 Å². The number of nitrogens with one attached hydrogen (secondary N) is 1. The molecular formula is C20H21N3OS. The van der Waals surface area contributed by atoms with Crippen LogP contribution in [0.1, 0.15) is 21.7 Å². The second-order valence-corrected chi connectivity index (χ2v) is 7.36. The molecule has 4 nitrogen and oxygen atoms in total. The lowest BCUT2D eigenvalue weighted by Crippen LogP contribution is -2.39. The lowest BCUT2D eigenvalue weighted by Gasteiger charge is -2.31. The Hall–Kier alpha value is -2.37. The van der Waals surface area contributed by atoms with E-state index in [1.165, 1.54) is 22.5 Å². The average molecular weight is 351 g/mol. The second-order valence-electron chi connectivity index (χ2n) is 6.41. The number of hydrogen-bond acceptors (Lipinski definition) is 4. The molecule has 1 N–H and O–H groups in total. The first-order valence-electron chi connectivity index (χ1n) is 8.46. The Morgan fingerprint density at radius 1 is 1.28 bits per heavy atom. The van der Waals surface area contributed by atoms with E-state index >= 15 is 0 Å². The number of likely N-dealkylation sites (N-methyl/N-ethyl adjacent to an activating group) is 1. The smallest absolute Gasteiger partial charge is 0.264 e. The molecule has 1 aromatic carbocycles. The standard InChI is InChI=1S/C20H21N3OS/c1-14-7-3-4-8-16(14)23-18-10-5-9-17(15(18)13-21-23)22(2)20(24)19-11-6-12-25-19/h3-8,10-12,17,21H,9,13H2,1-2H3/t17-/m1/s1. The first kappa shape index (κ1) is 16.1. The average Bonchev–Trinajstić information content (AvgIpc) is 3.30. The van der Waals surface area contributed by atoms with Crippen LogP contribution in [0.15, 0.2) is 65.2 Å². The third-order valence-electron chi connectivity index (χ3n) is 4.91. The molecule has 0 radical (unpaired) electrons. The molecule has 1 atom stereocenters. The van der Waals surface area contributed by atoms with Gasteiger partial charge in [-0.15, -0.1) is 11.3 Å². The van der Waals surface area contributed by atoms with Gasteiger partial charge in [-0.25, -0.2) is 5.43 Å². The van der Waals surface area contributed by atoms with Crippen LogP contribution in [0.25, 0.3) is 0 Å². The Labute approximate surface area is 152 Å². The van der Waals surface area contributed by atoms with Crippen molar-refractivity contribution in [1.29, 1.82) is 0 Å². The minimum atomic E-state index is 0.0936. The summed E-state index contributed by atoms with van der Waals surface area (Å²) < 4.78 is 0. The summed E-state index contributed by atoms with van der Waals surface area (Å²) in [6.45, 7) is 2.88. The number of anilines is 1. The van der Waals surface area contributed by atoms with E-state index in [9.17, 15) is 4.79 Å². The zero-order valence-electron chi connectivity index (χ0n) is 14.4. The molecule has 0 unspecified atom stereocenters. The molecule has 2 aromatic rings. The highest BCUT2D eigenvalue weighted by Gasteiger charge is 2.33. The number of amides is 1. The number of thiophene rings is 1. The quantitative estimate of drug-likeness (QED) is 0.915. The number of aryl methyl sites for hydroxylation is 1. The molecule has 1 aliphatic carbocycles. The van der Waals surface area contributed by atoms with Crippen molar-refractivity contribution < 1.29 is 4.79 Å². The Morgan fingerprint density at radius 2 is 2.12 bits per heavy atom. The van der Waals surface area contributed by atoms with Crippen molar-refractivity contribution in [2.75, 3.05) is 18.6 Å². The third-order valence-corrected chi connectivity index (χ3v) is 5.77. The maximum atomic E-state index is 12.8. The number of para-hydroxylation sites is 1. The van der Waals surface area contributed by atoms with Crippen LogP contribution >= 0.6 is 11.3 Å². The van der Waals surface area contributed by atoms with E-state index in [1.54, 1.807) is 0 Å². The number of nitrogens with zero attached hydrogens (tertiary/aromatic N) is 2. The molecule has 2 aliphatic rings. The molecule has 128 valence electrons.